The summed E-state index contributed by atoms with van der Waals surface area (Å²) in [6.07, 6.45) is 2.34. The molecule has 3 rings (SSSR count). The number of carbonyl (C=O) groups is 1. The summed E-state index contributed by atoms with van der Waals surface area (Å²) in [6, 6.07) is 4.15. The Labute approximate surface area is 123 Å². The van der Waals surface area contributed by atoms with Gasteiger partial charge in [-0.2, -0.15) is 0 Å². The van der Waals surface area contributed by atoms with Crippen LogP contribution in [-0.4, -0.2) is 48.4 Å². The molecule has 2 fully saturated rings. The first-order valence-corrected chi connectivity index (χ1v) is 7.48. The van der Waals surface area contributed by atoms with Crippen molar-refractivity contribution >= 4 is 17.5 Å². The van der Waals surface area contributed by atoms with E-state index in [1.165, 1.54) is 24.6 Å². The molecule has 2 aliphatic rings. The molecule has 0 radical (unpaired) electrons. The van der Waals surface area contributed by atoms with Gasteiger partial charge in [-0.05, 0) is 43.5 Å². The van der Waals surface area contributed by atoms with Gasteiger partial charge in [0.15, 0.2) is 0 Å². The van der Waals surface area contributed by atoms with Gasteiger partial charge in [-0.1, -0.05) is 11.6 Å². The summed E-state index contributed by atoms with van der Waals surface area (Å²) in [5.41, 5.74) is 0.0870. The fourth-order valence-corrected chi connectivity index (χ4v) is 3.36. The van der Waals surface area contributed by atoms with Crippen molar-refractivity contribution in [2.75, 3.05) is 32.7 Å². The predicted molar refractivity (Wildman–Crippen MR) is 76.5 cm³/mol. The van der Waals surface area contributed by atoms with Crippen molar-refractivity contribution in [3.63, 3.8) is 0 Å². The highest BCUT2D eigenvalue weighted by Crippen LogP contribution is 2.23. The molecule has 2 atom stereocenters. The average molecular weight is 297 g/mol. The number of amides is 1. The molecule has 0 aliphatic carbocycles. The summed E-state index contributed by atoms with van der Waals surface area (Å²) in [7, 11) is 0. The van der Waals surface area contributed by atoms with E-state index in [1.54, 1.807) is 4.90 Å². The largest absolute Gasteiger partial charge is 0.337 e. The van der Waals surface area contributed by atoms with E-state index in [4.69, 9.17) is 11.6 Å². The molecule has 0 N–H and O–H groups in total. The Balaban J connectivity index is 1.81. The van der Waals surface area contributed by atoms with Crippen LogP contribution in [0.15, 0.2) is 18.2 Å². The molecule has 20 heavy (non-hydrogen) atoms. The van der Waals surface area contributed by atoms with Gasteiger partial charge in [0.05, 0.1) is 5.56 Å². The number of hydrogen-bond acceptors (Lipinski definition) is 2. The quantitative estimate of drug-likeness (QED) is 0.795. The maximum atomic E-state index is 13.8. The standard InChI is InChI=1S/C15H18ClFN2O/c16-12-3-4-14(17)13(8-12)15(20)19-7-6-18-5-1-2-11(9-18)10-19/h3-4,8,11H,1-2,5-7,9-10H2. The molecule has 0 aromatic heterocycles. The normalized spacial score (nSPS) is 26.2. The third-order valence-corrected chi connectivity index (χ3v) is 4.45. The lowest BCUT2D eigenvalue weighted by molar-refractivity contribution is 0.0741. The Morgan fingerprint density at radius 3 is 2.95 bits per heavy atom. The van der Waals surface area contributed by atoms with Gasteiger partial charge in [-0.3, -0.25) is 4.79 Å². The minimum absolute atomic E-state index is 0.0870. The van der Waals surface area contributed by atoms with Gasteiger partial charge >= 0.3 is 0 Å². The van der Waals surface area contributed by atoms with Crippen molar-refractivity contribution in [1.29, 1.82) is 0 Å². The van der Waals surface area contributed by atoms with Crippen molar-refractivity contribution in [2.24, 2.45) is 5.92 Å². The SMILES string of the molecule is O=C(c1cc(Cl)ccc1F)N1CCN2CCCC(C2)C1. The summed E-state index contributed by atoms with van der Waals surface area (Å²) in [5, 5.41) is 0.395. The van der Waals surface area contributed by atoms with Crippen LogP contribution in [0.3, 0.4) is 0 Å². The zero-order valence-corrected chi connectivity index (χ0v) is 12.1. The average Bonchev–Trinajstić information content (AvgIpc) is 2.59. The van der Waals surface area contributed by atoms with Crippen molar-refractivity contribution < 1.29 is 9.18 Å². The van der Waals surface area contributed by atoms with E-state index in [1.807, 2.05) is 0 Å². The van der Waals surface area contributed by atoms with Gasteiger partial charge in [0, 0.05) is 31.2 Å². The van der Waals surface area contributed by atoms with Crippen LogP contribution in [0.4, 0.5) is 4.39 Å². The van der Waals surface area contributed by atoms with E-state index in [0.29, 0.717) is 17.5 Å². The molecule has 2 unspecified atom stereocenters. The first-order chi connectivity index (χ1) is 9.63. The summed E-state index contributed by atoms with van der Waals surface area (Å²) >= 11 is 5.88. The summed E-state index contributed by atoms with van der Waals surface area (Å²) < 4.78 is 13.8. The highest BCUT2D eigenvalue weighted by molar-refractivity contribution is 6.31. The number of benzene rings is 1. The molecular formula is C15H18ClFN2O. The Morgan fingerprint density at radius 2 is 2.10 bits per heavy atom. The second-order valence-corrected chi connectivity index (χ2v) is 6.12. The van der Waals surface area contributed by atoms with E-state index in [-0.39, 0.29) is 11.5 Å². The third-order valence-electron chi connectivity index (χ3n) is 4.21. The van der Waals surface area contributed by atoms with Crippen LogP contribution < -0.4 is 0 Å². The first kappa shape index (κ1) is 13.8. The highest BCUT2D eigenvalue weighted by Gasteiger charge is 2.29. The van der Waals surface area contributed by atoms with Crippen LogP contribution >= 0.6 is 11.6 Å². The van der Waals surface area contributed by atoms with Crippen molar-refractivity contribution in [1.82, 2.24) is 9.80 Å². The van der Waals surface area contributed by atoms with E-state index in [0.717, 1.165) is 32.6 Å². The summed E-state index contributed by atoms with van der Waals surface area (Å²) in [6.45, 7) is 4.44. The number of rotatable bonds is 1. The molecule has 2 aliphatic heterocycles. The van der Waals surface area contributed by atoms with E-state index < -0.39 is 5.82 Å². The smallest absolute Gasteiger partial charge is 0.256 e. The fourth-order valence-electron chi connectivity index (χ4n) is 3.18. The van der Waals surface area contributed by atoms with E-state index >= 15 is 0 Å². The topological polar surface area (TPSA) is 23.6 Å². The second kappa shape index (κ2) is 5.70. The Hall–Kier alpha value is -1.13. The number of piperidine rings is 1. The van der Waals surface area contributed by atoms with Crippen LogP contribution in [-0.2, 0) is 0 Å². The van der Waals surface area contributed by atoms with E-state index in [2.05, 4.69) is 4.90 Å². The number of halogens is 2. The number of carbonyl (C=O) groups excluding carboxylic acids is 1. The van der Waals surface area contributed by atoms with Gasteiger partial charge in [0.2, 0.25) is 0 Å². The molecule has 2 bridgehead atoms. The minimum Gasteiger partial charge on any atom is -0.337 e. The molecule has 0 spiro atoms. The molecule has 1 aromatic rings. The lowest BCUT2D eigenvalue weighted by Gasteiger charge is -2.29. The summed E-state index contributed by atoms with van der Waals surface area (Å²) in [5.74, 6) is -0.219. The van der Waals surface area contributed by atoms with Crippen LogP contribution in [0.2, 0.25) is 5.02 Å². The van der Waals surface area contributed by atoms with Gasteiger partial charge in [-0.15, -0.1) is 0 Å². The zero-order chi connectivity index (χ0) is 14.1. The molecule has 0 saturated carbocycles. The maximum Gasteiger partial charge on any atom is 0.256 e. The van der Waals surface area contributed by atoms with Crippen molar-refractivity contribution in [2.45, 2.75) is 12.8 Å². The molecule has 108 valence electrons. The van der Waals surface area contributed by atoms with Gasteiger partial charge in [0.1, 0.15) is 5.82 Å². The first-order valence-electron chi connectivity index (χ1n) is 7.10. The molecule has 2 heterocycles. The van der Waals surface area contributed by atoms with Crippen LogP contribution in [0, 0.1) is 11.7 Å². The summed E-state index contributed by atoms with van der Waals surface area (Å²) in [4.78, 5) is 16.7. The van der Waals surface area contributed by atoms with Gasteiger partial charge in [-0.25, -0.2) is 4.39 Å². The number of nitrogens with zero attached hydrogens (tertiary/aromatic N) is 2. The number of fused-ring (bicyclic) bond motifs is 2. The monoisotopic (exact) mass is 296 g/mol. The van der Waals surface area contributed by atoms with Crippen LogP contribution in [0.1, 0.15) is 23.2 Å². The predicted octanol–water partition coefficient (Wildman–Crippen LogP) is 2.65. The Kier molecular flexibility index (Phi) is 3.94. The molecular weight excluding hydrogens is 279 g/mol. The van der Waals surface area contributed by atoms with Crippen molar-refractivity contribution in [3.05, 3.63) is 34.6 Å². The molecule has 1 amide bonds. The molecule has 5 heteroatoms. The van der Waals surface area contributed by atoms with E-state index in [9.17, 15) is 9.18 Å². The Morgan fingerprint density at radius 1 is 1.25 bits per heavy atom. The van der Waals surface area contributed by atoms with Gasteiger partial charge < -0.3 is 9.80 Å². The van der Waals surface area contributed by atoms with Crippen molar-refractivity contribution in [3.8, 4) is 0 Å². The minimum atomic E-state index is -0.494. The second-order valence-electron chi connectivity index (χ2n) is 5.68. The zero-order valence-electron chi connectivity index (χ0n) is 11.3. The molecule has 2 saturated heterocycles. The number of hydrogen-bond donors (Lipinski definition) is 0. The lowest BCUT2D eigenvalue weighted by atomic mass is 9.98. The lowest BCUT2D eigenvalue weighted by Crippen LogP contribution is -2.36. The van der Waals surface area contributed by atoms with Crippen LogP contribution in [0.5, 0.6) is 0 Å². The Bertz CT molecular complexity index is 523. The molecule has 1 aromatic carbocycles. The van der Waals surface area contributed by atoms with Gasteiger partial charge in [0.25, 0.3) is 5.91 Å². The molecule has 3 nitrogen and oxygen atoms in total. The maximum absolute atomic E-state index is 13.8. The fraction of sp³-hybridized carbons (Fsp3) is 0.533. The van der Waals surface area contributed by atoms with Crippen LogP contribution in [0.25, 0.3) is 0 Å². The highest BCUT2D eigenvalue weighted by atomic mass is 35.5. The third kappa shape index (κ3) is 2.81.